The van der Waals surface area contributed by atoms with Crippen molar-refractivity contribution in [3.63, 3.8) is 0 Å². The van der Waals surface area contributed by atoms with Crippen LogP contribution in [0, 0.1) is 0 Å². The fraction of sp³-hybridized carbons (Fsp3) is 0.467. The molecule has 1 amide bonds. The van der Waals surface area contributed by atoms with Gasteiger partial charge in [-0.2, -0.15) is 5.10 Å². The highest BCUT2D eigenvalue weighted by Gasteiger charge is 2.36. The van der Waals surface area contributed by atoms with E-state index in [9.17, 15) is 4.79 Å². The van der Waals surface area contributed by atoms with Gasteiger partial charge in [0.1, 0.15) is 18.4 Å². The minimum absolute atomic E-state index is 0.0750. The second-order valence-electron chi connectivity index (χ2n) is 6.31. The van der Waals surface area contributed by atoms with Gasteiger partial charge in [-0.3, -0.25) is 4.79 Å². The number of rotatable bonds is 2. The molecule has 116 valence electrons. The Morgan fingerprint density at radius 2 is 2.27 bits per heavy atom. The van der Waals surface area contributed by atoms with Gasteiger partial charge in [0.05, 0.1) is 11.2 Å². The highest BCUT2D eigenvalue weighted by Crippen LogP contribution is 2.37. The van der Waals surface area contributed by atoms with Crippen molar-refractivity contribution < 1.29 is 9.53 Å². The summed E-state index contributed by atoms with van der Waals surface area (Å²) in [5.41, 5.74) is 4.51. The minimum atomic E-state index is -0.300. The molecule has 3 aliphatic heterocycles. The van der Waals surface area contributed by atoms with Crippen LogP contribution in [0.4, 0.5) is 11.4 Å². The van der Waals surface area contributed by atoms with Crippen LogP contribution in [0.2, 0.25) is 0 Å². The van der Waals surface area contributed by atoms with Gasteiger partial charge >= 0.3 is 0 Å². The summed E-state index contributed by atoms with van der Waals surface area (Å²) in [7, 11) is 0. The van der Waals surface area contributed by atoms with E-state index in [1.54, 1.807) is 0 Å². The van der Waals surface area contributed by atoms with E-state index >= 15 is 0 Å². The van der Waals surface area contributed by atoms with Gasteiger partial charge in [0, 0.05) is 18.8 Å². The molecule has 0 bridgehead atoms. The van der Waals surface area contributed by atoms with Gasteiger partial charge in [0.25, 0.3) is 5.91 Å². The Morgan fingerprint density at radius 3 is 3.00 bits per heavy atom. The molecule has 3 heterocycles. The molecular formula is C15H19N5O2. The van der Waals surface area contributed by atoms with Crippen LogP contribution in [0.1, 0.15) is 13.8 Å². The maximum absolute atomic E-state index is 11.9. The van der Waals surface area contributed by atoms with Crippen LogP contribution in [-0.2, 0) is 4.79 Å². The molecule has 1 fully saturated rings. The Kier molecular flexibility index (Phi) is 2.80. The van der Waals surface area contributed by atoms with Crippen molar-refractivity contribution in [1.29, 1.82) is 0 Å². The van der Waals surface area contributed by atoms with Crippen molar-refractivity contribution in [2.24, 2.45) is 5.10 Å². The molecule has 1 aromatic carbocycles. The van der Waals surface area contributed by atoms with Crippen molar-refractivity contribution >= 4 is 23.1 Å². The molecule has 7 nitrogen and oxygen atoms in total. The quantitative estimate of drug-likeness (QED) is 0.741. The summed E-state index contributed by atoms with van der Waals surface area (Å²) >= 11 is 0. The molecule has 0 aliphatic carbocycles. The third-order valence-corrected chi connectivity index (χ3v) is 4.39. The van der Waals surface area contributed by atoms with Gasteiger partial charge < -0.3 is 20.3 Å². The summed E-state index contributed by atoms with van der Waals surface area (Å²) in [5.74, 6) is 1.40. The third-order valence-electron chi connectivity index (χ3n) is 4.39. The Hall–Kier alpha value is -2.28. The number of fused-ring (bicyclic) bond motifs is 3. The van der Waals surface area contributed by atoms with Crippen LogP contribution in [0.25, 0.3) is 0 Å². The zero-order chi connectivity index (χ0) is 15.3. The van der Waals surface area contributed by atoms with E-state index in [2.05, 4.69) is 28.1 Å². The number of carbonyl (C=O) groups is 1. The number of benzene rings is 1. The van der Waals surface area contributed by atoms with Crippen LogP contribution < -0.4 is 25.7 Å². The van der Waals surface area contributed by atoms with Gasteiger partial charge in [0.15, 0.2) is 5.84 Å². The number of hydrogen-bond acceptors (Lipinski definition) is 6. The van der Waals surface area contributed by atoms with E-state index in [0.717, 1.165) is 36.0 Å². The number of nitrogens with zero attached hydrogens (tertiary/aromatic N) is 2. The Morgan fingerprint density at radius 1 is 1.45 bits per heavy atom. The van der Waals surface area contributed by atoms with Crippen LogP contribution in [0.3, 0.4) is 0 Å². The number of amidine groups is 1. The maximum Gasteiger partial charge on any atom is 0.262 e. The Bertz CT molecular complexity index is 668. The number of amides is 1. The molecule has 1 aromatic rings. The van der Waals surface area contributed by atoms with Gasteiger partial charge in [0.2, 0.25) is 0 Å². The molecule has 1 atom stereocenters. The zero-order valence-corrected chi connectivity index (χ0v) is 12.6. The first-order chi connectivity index (χ1) is 10.6. The predicted molar refractivity (Wildman–Crippen MR) is 84.4 cm³/mol. The molecule has 4 rings (SSSR count). The molecule has 22 heavy (non-hydrogen) atoms. The van der Waals surface area contributed by atoms with Gasteiger partial charge in [-0.05, 0) is 32.0 Å². The summed E-state index contributed by atoms with van der Waals surface area (Å²) in [4.78, 5) is 13.9. The van der Waals surface area contributed by atoms with Crippen molar-refractivity contribution in [3.8, 4) is 5.75 Å². The van der Waals surface area contributed by atoms with Crippen LogP contribution >= 0.6 is 0 Å². The molecule has 1 unspecified atom stereocenters. The smallest absolute Gasteiger partial charge is 0.262 e. The lowest BCUT2D eigenvalue weighted by molar-refractivity contribution is -0.122. The van der Waals surface area contributed by atoms with Gasteiger partial charge in [-0.15, -0.1) is 0 Å². The third kappa shape index (κ3) is 2.00. The van der Waals surface area contributed by atoms with Crippen LogP contribution in [0.5, 0.6) is 5.75 Å². The number of hydrazone groups is 1. The number of nitrogens with one attached hydrogen (secondary N) is 3. The number of carbonyl (C=O) groups excluding carboxylic acids is 1. The van der Waals surface area contributed by atoms with Crippen molar-refractivity contribution in [2.75, 3.05) is 29.9 Å². The summed E-state index contributed by atoms with van der Waals surface area (Å²) in [6.07, 6.45) is 0. The molecule has 1 saturated heterocycles. The topological polar surface area (TPSA) is 78.0 Å². The van der Waals surface area contributed by atoms with Crippen molar-refractivity contribution in [1.82, 2.24) is 10.7 Å². The highest BCUT2D eigenvalue weighted by atomic mass is 16.5. The van der Waals surface area contributed by atoms with Crippen LogP contribution in [-0.4, -0.2) is 43.0 Å². The lowest BCUT2D eigenvalue weighted by atomic mass is 9.95. The van der Waals surface area contributed by atoms with Gasteiger partial charge in [-0.25, -0.2) is 5.43 Å². The fourth-order valence-electron chi connectivity index (χ4n) is 3.04. The SMILES string of the molecule is CC1C(=O)NN=C2COc3ccc(NC4(C)CNC4)cc3N21. The summed E-state index contributed by atoms with van der Waals surface area (Å²) in [5, 5.41) is 10.9. The molecule has 0 saturated carbocycles. The number of ether oxygens (including phenoxy) is 1. The Labute approximate surface area is 128 Å². The summed E-state index contributed by atoms with van der Waals surface area (Å²) < 4.78 is 5.74. The Balaban J connectivity index is 1.70. The van der Waals surface area contributed by atoms with Crippen molar-refractivity contribution in [3.05, 3.63) is 18.2 Å². The van der Waals surface area contributed by atoms with E-state index in [0.29, 0.717) is 6.61 Å². The second-order valence-corrected chi connectivity index (χ2v) is 6.31. The predicted octanol–water partition coefficient (Wildman–Crippen LogP) is 0.491. The first-order valence-corrected chi connectivity index (χ1v) is 7.47. The molecule has 7 heteroatoms. The number of anilines is 2. The molecule has 3 N–H and O–H groups in total. The van der Waals surface area contributed by atoms with E-state index in [4.69, 9.17) is 4.74 Å². The van der Waals surface area contributed by atoms with E-state index in [1.807, 2.05) is 30.0 Å². The molecule has 0 aromatic heterocycles. The maximum atomic E-state index is 11.9. The molecule has 0 spiro atoms. The first kappa shape index (κ1) is 13.4. The summed E-state index contributed by atoms with van der Waals surface area (Å²) in [6.45, 7) is 6.30. The largest absolute Gasteiger partial charge is 0.483 e. The standard InChI is InChI=1S/C15H19N5O2/c1-9-14(21)19-18-13-6-22-12-4-3-10(5-11(12)20(9)13)17-15(2)7-16-8-15/h3-5,9,16-17H,6-8H2,1-2H3,(H,19,21). The second kappa shape index (κ2) is 4.61. The monoisotopic (exact) mass is 301 g/mol. The normalized spacial score (nSPS) is 25.0. The van der Waals surface area contributed by atoms with E-state index in [-0.39, 0.29) is 17.5 Å². The van der Waals surface area contributed by atoms with Crippen LogP contribution in [0.15, 0.2) is 23.3 Å². The fourth-order valence-corrected chi connectivity index (χ4v) is 3.04. The lowest BCUT2D eigenvalue weighted by Gasteiger charge is -2.42. The lowest BCUT2D eigenvalue weighted by Crippen LogP contribution is -2.62. The van der Waals surface area contributed by atoms with E-state index < -0.39 is 0 Å². The van der Waals surface area contributed by atoms with Gasteiger partial charge in [-0.1, -0.05) is 0 Å². The molecular weight excluding hydrogens is 282 g/mol. The highest BCUT2D eigenvalue weighted by molar-refractivity contribution is 6.09. The molecule has 0 radical (unpaired) electrons. The number of hydrogen-bond donors (Lipinski definition) is 3. The molecule has 3 aliphatic rings. The summed E-state index contributed by atoms with van der Waals surface area (Å²) in [6, 6.07) is 5.69. The average molecular weight is 301 g/mol. The zero-order valence-electron chi connectivity index (χ0n) is 12.6. The first-order valence-electron chi connectivity index (χ1n) is 7.47. The average Bonchev–Trinajstić information content (AvgIpc) is 2.49. The van der Waals surface area contributed by atoms with Crippen molar-refractivity contribution in [2.45, 2.75) is 25.4 Å². The minimum Gasteiger partial charge on any atom is -0.483 e. The van der Waals surface area contributed by atoms with E-state index in [1.165, 1.54) is 0 Å².